The summed E-state index contributed by atoms with van der Waals surface area (Å²) < 4.78 is 0. The molecule has 0 heterocycles. The summed E-state index contributed by atoms with van der Waals surface area (Å²) in [5, 5.41) is 12.6. The van der Waals surface area contributed by atoms with Crippen molar-refractivity contribution in [2.45, 2.75) is 59.4 Å². The number of benzene rings is 1. The van der Waals surface area contributed by atoms with Gasteiger partial charge >= 0.3 is 0 Å². The van der Waals surface area contributed by atoms with Gasteiger partial charge in [-0.25, -0.2) is 0 Å². The molecule has 1 aromatic rings. The number of nitrogens with zero attached hydrogens (tertiary/aromatic N) is 1. The van der Waals surface area contributed by atoms with Gasteiger partial charge in [-0.15, -0.1) is 0 Å². The first kappa shape index (κ1) is 17.7. The topological polar surface area (TPSA) is 35.8 Å². The average Bonchev–Trinajstić information content (AvgIpc) is 2.50. The molecule has 0 spiro atoms. The quantitative estimate of drug-likeness (QED) is 0.687. The number of rotatable bonds is 9. The first-order valence-corrected chi connectivity index (χ1v) is 8.19. The Morgan fingerprint density at radius 3 is 2.29 bits per heavy atom. The fourth-order valence-corrected chi connectivity index (χ4v) is 2.85. The summed E-state index contributed by atoms with van der Waals surface area (Å²) in [6, 6.07) is 13.4. The zero-order chi connectivity index (χ0) is 15.7. The predicted octanol–water partition coefficient (Wildman–Crippen LogP) is 5.08. The lowest BCUT2D eigenvalue weighted by atomic mass is 9.85. The van der Waals surface area contributed by atoms with E-state index < -0.39 is 0 Å². The van der Waals surface area contributed by atoms with Crippen molar-refractivity contribution >= 4 is 0 Å². The van der Waals surface area contributed by atoms with Crippen molar-refractivity contribution in [3.63, 3.8) is 0 Å². The van der Waals surface area contributed by atoms with Crippen LogP contribution in [0.1, 0.15) is 65.0 Å². The van der Waals surface area contributed by atoms with Crippen LogP contribution in [0.15, 0.2) is 30.3 Å². The van der Waals surface area contributed by atoms with Gasteiger partial charge in [-0.1, -0.05) is 70.9 Å². The third-order valence-electron chi connectivity index (χ3n) is 4.39. The highest BCUT2D eigenvalue weighted by molar-refractivity contribution is 5.19. The van der Waals surface area contributed by atoms with Gasteiger partial charge in [0.05, 0.1) is 6.07 Å². The van der Waals surface area contributed by atoms with E-state index >= 15 is 0 Å². The summed E-state index contributed by atoms with van der Waals surface area (Å²) in [7, 11) is 0. The van der Waals surface area contributed by atoms with Gasteiger partial charge in [0.15, 0.2) is 0 Å². The maximum atomic E-state index is 8.78. The number of nitrogens with one attached hydrogen (secondary N) is 1. The van der Waals surface area contributed by atoms with Crippen LogP contribution in [0.3, 0.4) is 0 Å². The van der Waals surface area contributed by atoms with Crippen LogP contribution in [0.4, 0.5) is 0 Å². The molecule has 1 N–H and O–H groups in total. The first-order valence-electron chi connectivity index (χ1n) is 8.19. The summed E-state index contributed by atoms with van der Waals surface area (Å²) in [6.45, 7) is 9.97. The second-order valence-electron chi connectivity index (χ2n) is 6.67. The fraction of sp³-hybridized carbons (Fsp3) is 0.632. The highest BCUT2D eigenvalue weighted by atomic mass is 14.9. The predicted molar refractivity (Wildman–Crippen MR) is 89.9 cm³/mol. The van der Waals surface area contributed by atoms with Crippen LogP contribution in [-0.4, -0.2) is 6.54 Å². The Bertz CT molecular complexity index is 427. The minimum atomic E-state index is 0.162. The molecule has 0 aliphatic heterocycles. The molecule has 116 valence electrons. The molecule has 0 aliphatic carbocycles. The third-order valence-corrected chi connectivity index (χ3v) is 4.39. The van der Waals surface area contributed by atoms with Crippen LogP contribution in [0.2, 0.25) is 0 Å². The Kier molecular flexibility index (Phi) is 7.47. The minimum absolute atomic E-state index is 0.162. The molecule has 0 amide bonds. The first-order chi connectivity index (χ1) is 10.0. The highest BCUT2D eigenvalue weighted by Crippen LogP contribution is 2.29. The molecule has 0 bridgehead atoms. The van der Waals surface area contributed by atoms with E-state index in [1.807, 2.05) is 0 Å². The molecule has 0 saturated carbocycles. The van der Waals surface area contributed by atoms with E-state index in [0.717, 1.165) is 13.0 Å². The lowest BCUT2D eigenvalue weighted by Crippen LogP contribution is -2.35. The molecule has 0 fully saturated rings. The van der Waals surface area contributed by atoms with E-state index in [9.17, 15) is 0 Å². The fourth-order valence-electron chi connectivity index (χ4n) is 2.85. The average molecular weight is 286 g/mol. The molecule has 0 radical (unpaired) electrons. The minimum Gasteiger partial charge on any atom is -0.309 e. The van der Waals surface area contributed by atoms with Gasteiger partial charge in [0.1, 0.15) is 0 Å². The van der Waals surface area contributed by atoms with Gasteiger partial charge in [-0.3, -0.25) is 0 Å². The zero-order valence-corrected chi connectivity index (χ0v) is 14.0. The summed E-state index contributed by atoms with van der Waals surface area (Å²) in [5.74, 6) is 0.652. The number of hydrogen-bond donors (Lipinski definition) is 1. The number of hydrogen-bond acceptors (Lipinski definition) is 2. The molecule has 1 unspecified atom stereocenters. The van der Waals surface area contributed by atoms with Gasteiger partial charge in [0.25, 0.3) is 0 Å². The van der Waals surface area contributed by atoms with E-state index in [1.54, 1.807) is 0 Å². The molecule has 1 rings (SSSR count). The normalized spacial score (nSPS) is 13.1. The molecule has 0 aromatic heterocycles. The van der Waals surface area contributed by atoms with Crippen molar-refractivity contribution in [2.24, 2.45) is 11.3 Å². The van der Waals surface area contributed by atoms with Crippen LogP contribution in [0.5, 0.6) is 0 Å². The van der Waals surface area contributed by atoms with Gasteiger partial charge in [0, 0.05) is 19.0 Å². The van der Waals surface area contributed by atoms with Gasteiger partial charge < -0.3 is 5.32 Å². The summed E-state index contributed by atoms with van der Waals surface area (Å²) >= 11 is 0. The highest BCUT2D eigenvalue weighted by Gasteiger charge is 2.24. The lowest BCUT2D eigenvalue weighted by Gasteiger charge is -2.32. The van der Waals surface area contributed by atoms with Crippen molar-refractivity contribution in [2.75, 3.05) is 6.54 Å². The molecule has 0 aliphatic rings. The second kappa shape index (κ2) is 8.85. The molecule has 21 heavy (non-hydrogen) atoms. The van der Waals surface area contributed by atoms with E-state index in [1.165, 1.54) is 18.4 Å². The monoisotopic (exact) mass is 286 g/mol. The Labute approximate surface area is 130 Å². The third kappa shape index (κ3) is 5.89. The van der Waals surface area contributed by atoms with Crippen LogP contribution >= 0.6 is 0 Å². The smallest absolute Gasteiger partial charge is 0.0621 e. The molecule has 1 aromatic carbocycles. The van der Waals surface area contributed by atoms with Gasteiger partial charge in [0.2, 0.25) is 0 Å². The maximum absolute atomic E-state index is 8.78. The van der Waals surface area contributed by atoms with Crippen LogP contribution < -0.4 is 5.32 Å². The zero-order valence-electron chi connectivity index (χ0n) is 14.0. The van der Waals surface area contributed by atoms with Crippen molar-refractivity contribution in [1.29, 1.82) is 5.26 Å². The second-order valence-corrected chi connectivity index (χ2v) is 6.67. The van der Waals surface area contributed by atoms with Crippen molar-refractivity contribution in [3.8, 4) is 6.07 Å². The lowest BCUT2D eigenvalue weighted by molar-refractivity contribution is 0.261. The summed E-state index contributed by atoms with van der Waals surface area (Å²) in [5.41, 5.74) is 1.54. The van der Waals surface area contributed by atoms with E-state index in [2.05, 4.69) is 69.4 Å². The van der Waals surface area contributed by atoms with Crippen LogP contribution in [-0.2, 0) is 0 Å². The van der Waals surface area contributed by atoms with Crippen molar-refractivity contribution in [3.05, 3.63) is 35.9 Å². The summed E-state index contributed by atoms with van der Waals surface area (Å²) in [6.07, 6.45) is 3.94. The molecule has 2 heteroatoms. The molecule has 2 nitrogen and oxygen atoms in total. The standard InChI is InChI=1S/C19H30N2/c1-5-16(6-2)18(17-11-8-7-9-12-17)21-15-19(3,4)13-10-14-20/h7-9,11-12,16,18,21H,5-6,10,13,15H2,1-4H3. The number of nitriles is 1. The van der Waals surface area contributed by atoms with Crippen molar-refractivity contribution < 1.29 is 0 Å². The van der Waals surface area contributed by atoms with Gasteiger partial charge in [-0.2, -0.15) is 5.26 Å². The van der Waals surface area contributed by atoms with Gasteiger partial charge in [-0.05, 0) is 23.3 Å². The molecule has 1 atom stereocenters. The van der Waals surface area contributed by atoms with E-state index in [4.69, 9.17) is 5.26 Å². The Morgan fingerprint density at radius 1 is 1.14 bits per heavy atom. The van der Waals surface area contributed by atoms with Crippen LogP contribution in [0, 0.1) is 22.7 Å². The Balaban J connectivity index is 2.77. The SMILES string of the molecule is CCC(CC)C(NCC(C)(C)CCC#N)c1ccccc1. The Morgan fingerprint density at radius 2 is 1.76 bits per heavy atom. The van der Waals surface area contributed by atoms with E-state index in [-0.39, 0.29) is 5.41 Å². The maximum Gasteiger partial charge on any atom is 0.0621 e. The van der Waals surface area contributed by atoms with E-state index in [0.29, 0.717) is 18.4 Å². The summed E-state index contributed by atoms with van der Waals surface area (Å²) in [4.78, 5) is 0. The van der Waals surface area contributed by atoms with Crippen molar-refractivity contribution in [1.82, 2.24) is 5.32 Å². The largest absolute Gasteiger partial charge is 0.309 e. The van der Waals surface area contributed by atoms with Crippen LogP contribution in [0.25, 0.3) is 0 Å². The molecular formula is C19H30N2. The molecule has 0 saturated heterocycles. The molecular weight excluding hydrogens is 256 g/mol. The Hall–Kier alpha value is -1.33.